The molecular formula is C17H26N2O2. The zero-order chi connectivity index (χ0) is 15.5. The zero-order valence-electron chi connectivity index (χ0n) is 13.6. The minimum Gasteiger partial charge on any atom is -0.497 e. The second-order valence-corrected chi connectivity index (χ2v) is 6.86. The van der Waals surface area contributed by atoms with Crippen molar-refractivity contribution in [2.45, 2.75) is 20.8 Å². The summed E-state index contributed by atoms with van der Waals surface area (Å²) < 4.78 is 5.19. The molecule has 0 aliphatic carbocycles. The number of amides is 1. The first-order valence-corrected chi connectivity index (χ1v) is 7.55. The van der Waals surface area contributed by atoms with Crippen LogP contribution in [-0.4, -0.2) is 55.5 Å². The molecule has 4 heteroatoms. The predicted molar refractivity (Wildman–Crippen MR) is 84.8 cm³/mol. The van der Waals surface area contributed by atoms with Gasteiger partial charge in [-0.25, -0.2) is 0 Å². The standard InChI is InChI=1S/C17H26N2O2/c1-17(2,3)13-18-8-10-19(11-9-18)16(20)14-6-5-7-15(12-14)21-4/h5-7,12H,8-11,13H2,1-4H3. The molecule has 4 nitrogen and oxygen atoms in total. The first-order valence-electron chi connectivity index (χ1n) is 7.55. The van der Waals surface area contributed by atoms with E-state index in [1.807, 2.05) is 29.2 Å². The smallest absolute Gasteiger partial charge is 0.254 e. The molecule has 1 saturated heterocycles. The Hall–Kier alpha value is -1.55. The molecule has 1 heterocycles. The number of benzene rings is 1. The van der Waals surface area contributed by atoms with Crippen LogP contribution in [0.15, 0.2) is 24.3 Å². The Bertz CT molecular complexity index is 486. The summed E-state index contributed by atoms with van der Waals surface area (Å²) in [7, 11) is 1.62. The number of hydrogen-bond acceptors (Lipinski definition) is 3. The summed E-state index contributed by atoms with van der Waals surface area (Å²) in [5.41, 5.74) is 1.01. The van der Waals surface area contributed by atoms with Gasteiger partial charge in [-0.05, 0) is 23.6 Å². The minimum absolute atomic E-state index is 0.101. The van der Waals surface area contributed by atoms with E-state index in [1.54, 1.807) is 7.11 Å². The molecule has 0 aromatic heterocycles. The largest absolute Gasteiger partial charge is 0.497 e. The number of carbonyl (C=O) groups is 1. The van der Waals surface area contributed by atoms with E-state index in [-0.39, 0.29) is 5.91 Å². The molecule has 116 valence electrons. The Labute approximate surface area is 127 Å². The van der Waals surface area contributed by atoms with Crippen LogP contribution in [-0.2, 0) is 0 Å². The summed E-state index contributed by atoms with van der Waals surface area (Å²) in [4.78, 5) is 16.9. The second-order valence-electron chi connectivity index (χ2n) is 6.86. The van der Waals surface area contributed by atoms with Crippen molar-refractivity contribution in [3.05, 3.63) is 29.8 Å². The first-order chi connectivity index (χ1) is 9.89. The van der Waals surface area contributed by atoms with E-state index >= 15 is 0 Å². The maximum Gasteiger partial charge on any atom is 0.254 e. The number of hydrogen-bond donors (Lipinski definition) is 0. The van der Waals surface area contributed by atoms with Gasteiger partial charge in [0.1, 0.15) is 5.75 Å². The highest BCUT2D eigenvalue weighted by molar-refractivity contribution is 5.94. The average molecular weight is 290 g/mol. The third kappa shape index (κ3) is 4.46. The van der Waals surface area contributed by atoms with Crippen LogP contribution in [0.3, 0.4) is 0 Å². The van der Waals surface area contributed by atoms with Gasteiger partial charge in [0.25, 0.3) is 5.91 Å². The lowest BCUT2D eigenvalue weighted by Gasteiger charge is -2.37. The fourth-order valence-corrected chi connectivity index (χ4v) is 2.72. The molecule has 1 amide bonds. The lowest BCUT2D eigenvalue weighted by Crippen LogP contribution is -2.50. The molecule has 0 unspecified atom stereocenters. The van der Waals surface area contributed by atoms with Crippen LogP contribution < -0.4 is 4.74 Å². The van der Waals surface area contributed by atoms with E-state index in [4.69, 9.17) is 4.74 Å². The lowest BCUT2D eigenvalue weighted by molar-refractivity contribution is 0.0591. The van der Waals surface area contributed by atoms with Gasteiger partial charge in [-0.15, -0.1) is 0 Å². The lowest BCUT2D eigenvalue weighted by atomic mass is 9.96. The van der Waals surface area contributed by atoms with Crippen molar-refractivity contribution in [3.63, 3.8) is 0 Å². The van der Waals surface area contributed by atoms with Crippen LogP contribution in [0.4, 0.5) is 0 Å². The summed E-state index contributed by atoms with van der Waals surface area (Å²) in [5, 5.41) is 0. The average Bonchev–Trinajstić information content (AvgIpc) is 2.46. The van der Waals surface area contributed by atoms with Gasteiger partial charge in [-0.2, -0.15) is 0 Å². The fraction of sp³-hybridized carbons (Fsp3) is 0.588. The summed E-state index contributed by atoms with van der Waals surface area (Å²) >= 11 is 0. The molecule has 0 atom stereocenters. The molecule has 0 spiro atoms. The van der Waals surface area contributed by atoms with Crippen molar-refractivity contribution in [2.75, 3.05) is 39.8 Å². The SMILES string of the molecule is COc1cccc(C(=O)N2CCN(CC(C)(C)C)CC2)c1. The first kappa shape index (κ1) is 15.8. The highest BCUT2D eigenvalue weighted by atomic mass is 16.5. The molecule has 1 aromatic carbocycles. The molecule has 1 aromatic rings. The third-order valence-electron chi connectivity index (χ3n) is 3.67. The highest BCUT2D eigenvalue weighted by Gasteiger charge is 2.24. The van der Waals surface area contributed by atoms with Gasteiger partial charge in [0.05, 0.1) is 7.11 Å². The van der Waals surface area contributed by atoms with Crippen LogP contribution in [0.25, 0.3) is 0 Å². The van der Waals surface area contributed by atoms with Crippen LogP contribution in [0, 0.1) is 5.41 Å². The maximum atomic E-state index is 12.5. The number of carbonyl (C=O) groups excluding carboxylic acids is 1. The van der Waals surface area contributed by atoms with Crippen LogP contribution in [0.5, 0.6) is 5.75 Å². The van der Waals surface area contributed by atoms with Gasteiger partial charge in [-0.3, -0.25) is 9.69 Å². The van der Waals surface area contributed by atoms with Crippen molar-refractivity contribution >= 4 is 5.91 Å². The number of methoxy groups -OCH3 is 1. The molecule has 0 radical (unpaired) electrons. The molecule has 1 aliphatic heterocycles. The van der Waals surface area contributed by atoms with Gasteiger partial charge in [0.2, 0.25) is 0 Å². The van der Waals surface area contributed by atoms with Crippen molar-refractivity contribution < 1.29 is 9.53 Å². The van der Waals surface area contributed by atoms with Crippen LogP contribution >= 0.6 is 0 Å². The van der Waals surface area contributed by atoms with Crippen molar-refractivity contribution in [2.24, 2.45) is 5.41 Å². The minimum atomic E-state index is 0.101. The highest BCUT2D eigenvalue weighted by Crippen LogP contribution is 2.18. The molecule has 1 fully saturated rings. The molecule has 21 heavy (non-hydrogen) atoms. The molecule has 2 rings (SSSR count). The number of nitrogens with zero attached hydrogens (tertiary/aromatic N) is 2. The quantitative estimate of drug-likeness (QED) is 0.857. The topological polar surface area (TPSA) is 32.8 Å². The molecular weight excluding hydrogens is 264 g/mol. The monoisotopic (exact) mass is 290 g/mol. The van der Waals surface area contributed by atoms with Crippen molar-refractivity contribution in [1.82, 2.24) is 9.80 Å². The van der Waals surface area contributed by atoms with E-state index in [1.165, 1.54) is 0 Å². The van der Waals surface area contributed by atoms with E-state index in [9.17, 15) is 4.79 Å². The third-order valence-corrected chi connectivity index (χ3v) is 3.67. The predicted octanol–water partition coefficient (Wildman–Crippen LogP) is 2.50. The van der Waals surface area contributed by atoms with Crippen LogP contribution in [0.1, 0.15) is 31.1 Å². The molecule has 0 bridgehead atoms. The van der Waals surface area contributed by atoms with Gasteiger partial charge in [-0.1, -0.05) is 26.8 Å². The Balaban J connectivity index is 1.94. The Morgan fingerprint density at radius 3 is 2.43 bits per heavy atom. The molecule has 0 saturated carbocycles. The van der Waals surface area contributed by atoms with Crippen LogP contribution in [0.2, 0.25) is 0 Å². The summed E-state index contributed by atoms with van der Waals surface area (Å²) in [6, 6.07) is 7.39. The second kappa shape index (κ2) is 6.48. The summed E-state index contributed by atoms with van der Waals surface area (Å²) in [5.74, 6) is 0.830. The fourth-order valence-electron chi connectivity index (χ4n) is 2.72. The number of piperazine rings is 1. The van der Waals surface area contributed by atoms with Gasteiger partial charge in [0.15, 0.2) is 0 Å². The van der Waals surface area contributed by atoms with E-state index in [0.717, 1.165) is 38.5 Å². The van der Waals surface area contributed by atoms with Crippen molar-refractivity contribution in [3.8, 4) is 5.75 Å². The maximum absolute atomic E-state index is 12.5. The van der Waals surface area contributed by atoms with E-state index < -0.39 is 0 Å². The van der Waals surface area contributed by atoms with Gasteiger partial charge in [0, 0.05) is 38.3 Å². The van der Waals surface area contributed by atoms with Crippen molar-refractivity contribution in [1.29, 1.82) is 0 Å². The molecule has 1 aliphatic rings. The Kier molecular flexibility index (Phi) is 4.88. The van der Waals surface area contributed by atoms with Gasteiger partial charge >= 0.3 is 0 Å². The molecule has 0 N–H and O–H groups in total. The van der Waals surface area contributed by atoms with Gasteiger partial charge < -0.3 is 9.64 Å². The van der Waals surface area contributed by atoms with E-state index in [0.29, 0.717) is 11.0 Å². The summed E-state index contributed by atoms with van der Waals surface area (Å²) in [6.07, 6.45) is 0. The number of rotatable bonds is 3. The Morgan fingerprint density at radius 2 is 1.86 bits per heavy atom. The number of ether oxygens (including phenoxy) is 1. The Morgan fingerprint density at radius 1 is 1.19 bits per heavy atom. The van der Waals surface area contributed by atoms with E-state index in [2.05, 4.69) is 25.7 Å². The normalized spacial score (nSPS) is 16.9. The summed E-state index contributed by atoms with van der Waals surface area (Å²) in [6.45, 7) is 11.3. The zero-order valence-corrected chi connectivity index (χ0v) is 13.6.